The smallest absolute Gasteiger partial charge is 0.210 e. The van der Waals surface area contributed by atoms with Gasteiger partial charge in [-0.2, -0.15) is 0 Å². The zero-order valence-corrected chi connectivity index (χ0v) is 32.7. The average Bonchev–Trinajstić information content (AvgIpc) is 3.41. The van der Waals surface area contributed by atoms with Gasteiger partial charge in [0.15, 0.2) is 0 Å². The predicted octanol–water partition coefficient (Wildman–Crippen LogP) is 8.98. The van der Waals surface area contributed by atoms with E-state index in [-0.39, 0.29) is 0 Å². The van der Waals surface area contributed by atoms with E-state index < -0.39 is 22.3 Å². The van der Waals surface area contributed by atoms with Crippen LogP contribution in [0, 0.1) is 5.92 Å². The van der Waals surface area contributed by atoms with Gasteiger partial charge >= 0.3 is 0 Å². The molecule has 9 heteroatoms. The van der Waals surface area contributed by atoms with Crippen molar-refractivity contribution in [1.82, 2.24) is 14.5 Å². The van der Waals surface area contributed by atoms with Crippen LogP contribution in [0.15, 0.2) is 60.7 Å². The highest BCUT2D eigenvalue weighted by atomic mass is 28.3. The number of nitrogens with zero attached hydrogens (tertiary/aromatic N) is 4. The van der Waals surface area contributed by atoms with Crippen molar-refractivity contribution in [2.75, 3.05) is 44.5 Å². The van der Waals surface area contributed by atoms with Gasteiger partial charge in [-0.25, -0.2) is 4.98 Å². The zero-order chi connectivity index (χ0) is 34.3. The predicted molar refractivity (Wildman–Crippen MR) is 207 cm³/mol. The lowest BCUT2D eigenvalue weighted by Gasteiger charge is -2.35. The molecule has 3 aromatic carbocycles. The molecular formula is C39H60N4O3Si2. The minimum atomic E-state index is -1.21. The molecule has 1 fully saturated rings. The fourth-order valence-corrected chi connectivity index (χ4v) is 8.05. The Morgan fingerprint density at radius 3 is 2.29 bits per heavy atom. The van der Waals surface area contributed by atoms with Crippen LogP contribution >= 0.6 is 0 Å². The summed E-state index contributed by atoms with van der Waals surface area (Å²) < 4.78 is 15.0. The van der Waals surface area contributed by atoms with Crippen molar-refractivity contribution in [1.29, 1.82) is 0 Å². The number of ether oxygens (including phenoxy) is 2. The van der Waals surface area contributed by atoms with Crippen LogP contribution in [0.2, 0.25) is 51.4 Å². The number of likely N-dealkylation sites (tertiary alicyclic amines) is 1. The van der Waals surface area contributed by atoms with E-state index in [0.717, 1.165) is 86.9 Å². The van der Waals surface area contributed by atoms with Crippen molar-refractivity contribution in [3.8, 4) is 0 Å². The second-order valence-electron chi connectivity index (χ2n) is 16.3. The molecule has 0 amide bonds. The number of benzene rings is 3. The molecule has 48 heavy (non-hydrogen) atoms. The second-order valence-corrected chi connectivity index (χ2v) is 27.5. The number of aromatic nitrogens is 2. The molecule has 1 N–H and O–H groups in total. The van der Waals surface area contributed by atoms with Crippen LogP contribution in [0.25, 0.3) is 21.8 Å². The molecule has 7 nitrogen and oxygen atoms in total. The van der Waals surface area contributed by atoms with E-state index in [1.165, 1.54) is 16.3 Å². The number of hydrogen-bond donors (Lipinski definition) is 1. The topological polar surface area (TPSA) is 63.0 Å². The lowest BCUT2D eigenvalue weighted by atomic mass is 9.95. The van der Waals surface area contributed by atoms with E-state index in [1.807, 2.05) is 13.0 Å². The van der Waals surface area contributed by atoms with Gasteiger partial charge in [0.1, 0.15) is 13.5 Å². The first-order valence-corrected chi connectivity index (χ1v) is 25.6. The third kappa shape index (κ3) is 10.2. The summed E-state index contributed by atoms with van der Waals surface area (Å²) in [6, 6.07) is 23.9. The van der Waals surface area contributed by atoms with Crippen molar-refractivity contribution >= 4 is 43.9 Å². The first-order chi connectivity index (χ1) is 22.9. The van der Waals surface area contributed by atoms with Gasteiger partial charge in [-0.05, 0) is 84.4 Å². The average molecular weight is 689 g/mol. The number of aliphatic hydroxyl groups is 1. The third-order valence-corrected chi connectivity index (χ3v) is 13.1. The molecule has 5 rings (SSSR count). The van der Waals surface area contributed by atoms with Crippen LogP contribution in [0.4, 0.5) is 5.95 Å². The number of aliphatic hydroxyl groups excluding tert-OH is 1. The minimum Gasteiger partial charge on any atom is -0.388 e. The minimum absolute atomic E-state index is 0.459. The molecule has 0 bridgehead atoms. The van der Waals surface area contributed by atoms with Crippen LogP contribution in [0.1, 0.15) is 43.4 Å². The molecule has 0 spiro atoms. The number of anilines is 1. The molecule has 262 valence electrons. The number of piperidine rings is 1. The lowest BCUT2D eigenvalue weighted by molar-refractivity contribution is 0.0882. The Morgan fingerprint density at radius 1 is 0.896 bits per heavy atom. The maximum absolute atomic E-state index is 10.6. The first kappa shape index (κ1) is 36.7. The fourth-order valence-electron chi connectivity index (χ4n) is 6.54. The summed E-state index contributed by atoms with van der Waals surface area (Å²) in [5.41, 5.74) is 4.28. The molecule has 1 aromatic heterocycles. The zero-order valence-electron chi connectivity index (χ0n) is 30.7. The fraction of sp³-hybridized carbons (Fsp3) is 0.564. The molecule has 1 aliphatic heterocycles. The van der Waals surface area contributed by atoms with E-state index in [9.17, 15) is 5.11 Å². The highest BCUT2D eigenvalue weighted by Gasteiger charge is 2.26. The Hall–Kier alpha value is -2.54. The van der Waals surface area contributed by atoms with Gasteiger partial charge in [0.05, 0.1) is 17.1 Å². The van der Waals surface area contributed by atoms with E-state index in [1.54, 1.807) is 0 Å². The first-order valence-electron chi connectivity index (χ1n) is 18.2. The summed E-state index contributed by atoms with van der Waals surface area (Å²) in [5.74, 6) is 1.46. The number of fused-ring (bicyclic) bond motifs is 2. The van der Waals surface area contributed by atoms with Gasteiger partial charge in [-0.15, -0.1) is 0 Å². The molecule has 1 aliphatic rings. The van der Waals surface area contributed by atoms with Crippen LogP contribution in [0.3, 0.4) is 0 Å². The summed E-state index contributed by atoms with van der Waals surface area (Å²) >= 11 is 0. The SMILES string of the molecule is CCC(O)c1ccc2c(c1)nc(N(COCC[Si](C)(C)C)CC1CCN(Cc3cccc4ccccc34)CC1)n2COCC[Si](C)(C)C. The standard InChI is InChI=1S/C39H60N4O3Si2/c1-8-38(44)33-16-17-37-36(26-33)40-39(43(37)30-46-23-25-48(5,6)7)42(29-45-22-24-47(2,3)4)27-31-18-20-41(21-19-31)28-34-14-11-13-32-12-9-10-15-35(32)34/h9-17,26,31,38,44H,8,18-25,27-30H2,1-7H3. The molecule has 1 saturated heterocycles. The summed E-state index contributed by atoms with van der Waals surface area (Å²) in [6.07, 6.45) is 2.48. The van der Waals surface area contributed by atoms with Gasteiger partial charge < -0.3 is 19.5 Å². The molecule has 0 aliphatic carbocycles. The quantitative estimate of drug-likeness (QED) is 0.0679. The van der Waals surface area contributed by atoms with Gasteiger partial charge in [0.25, 0.3) is 0 Å². The van der Waals surface area contributed by atoms with Gasteiger partial charge in [0.2, 0.25) is 5.95 Å². The van der Waals surface area contributed by atoms with E-state index in [2.05, 4.69) is 108 Å². The Morgan fingerprint density at radius 2 is 1.58 bits per heavy atom. The largest absolute Gasteiger partial charge is 0.388 e. The van der Waals surface area contributed by atoms with E-state index in [0.29, 0.717) is 25.8 Å². The van der Waals surface area contributed by atoms with Gasteiger partial charge in [-0.3, -0.25) is 9.47 Å². The summed E-state index contributed by atoms with van der Waals surface area (Å²) in [5, 5.41) is 13.3. The molecule has 0 saturated carbocycles. The Kier molecular flexibility index (Phi) is 12.6. The summed E-state index contributed by atoms with van der Waals surface area (Å²) in [4.78, 5) is 10.2. The summed E-state index contributed by atoms with van der Waals surface area (Å²) in [7, 11) is -2.43. The van der Waals surface area contributed by atoms with Crippen LogP contribution in [-0.4, -0.2) is 75.3 Å². The van der Waals surface area contributed by atoms with Gasteiger partial charge in [-0.1, -0.05) is 94.7 Å². The molecule has 1 atom stereocenters. The van der Waals surface area contributed by atoms with Crippen molar-refractivity contribution in [2.24, 2.45) is 5.92 Å². The Labute approximate surface area is 291 Å². The van der Waals surface area contributed by atoms with E-state index in [4.69, 9.17) is 14.5 Å². The van der Waals surface area contributed by atoms with Crippen LogP contribution in [0.5, 0.6) is 0 Å². The molecular weight excluding hydrogens is 629 g/mol. The maximum Gasteiger partial charge on any atom is 0.210 e. The number of imidazole rings is 1. The van der Waals surface area contributed by atoms with E-state index >= 15 is 0 Å². The maximum atomic E-state index is 10.6. The number of hydrogen-bond acceptors (Lipinski definition) is 6. The molecule has 1 unspecified atom stereocenters. The van der Waals surface area contributed by atoms with Crippen molar-refractivity contribution in [3.63, 3.8) is 0 Å². The highest BCUT2D eigenvalue weighted by molar-refractivity contribution is 6.76. The van der Waals surface area contributed by atoms with Crippen LogP contribution in [-0.2, 0) is 22.7 Å². The van der Waals surface area contributed by atoms with Crippen molar-refractivity contribution < 1.29 is 14.6 Å². The highest BCUT2D eigenvalue weighted by Crippen LogP contribution is 2.30. The Bertz CT molecular complexity index is 1600. The van der Waals surface area contributed by atoms with Crippen molar-refractivity contribution in [3.05, 3.63) is 71.8 Å². The molecule has 0 radical (unpaired) electrons. The monoisotopic (exact) mass is 688 g/mol. The van der Waals surface area contributed by atoms with Gasteiger partial charge in [0, 0.05) is 42.5 Å². The Balaban J connectivity index is 1.35. The second kappa shape index (κ2) is 16.4. The van der Waals surface area contributed by atoms with Crippen molar-refractivity contribution in [2.45, 2.75) is 96.9 Å². The third-order valence-electron chi connectivity index (χ3n) is 9.73. The molecule has 4 aromatic rings. The normalized spacial score (nSPS) is 15.8. The molecule has 2 heterocycles. The van der Waals surface area contributed by atoms with Crippen LogP contribution < -0.4 is 4.90 Å². The number of rotatable bonds is 17. The summed E-state index contributed by atoms with van der Waals surface area (Å²) in [6.45, 7) is 23.0. The lowest BCUT2D eigenvalue weighted by Crippen LogP contribution is -2.40.